The molecule has 1 N–H and O–H groups in total. The Morgan fingerprint density at radius 1 is 1.12 bits per heavy atom. The van der Waals surface area contributed by atoms with E-state index in [-0.39, 0.29) is 12.0 Å². The smallest absolute Gasteiger partial charge is 0.290 e. The van der Waals surface area contributed by atoms with Crippen molar-refractivity contribution in [3.05, 3.63) is 52.4 Å². The predicted molar refractivity (Wildman–Crippen MR) is 87.1 cm³/mol. The third-order valence-corrected chi connectivity index (χ3v) is 4.49. The third-order valence-electron chi connectivity index (χ3n) is 3.42. The first kappa shape index (κ1) is 18.7. The molecular weight excluding hydrogens is 360 g/mol. The van der Waals surface area contributed by atoms with Gasteiger partial charge < -0.3 is 9.84 Å². The summed E-state index contributed by atoms with van der Waals surface area (Å²) in [5.74, 6) is -4.73. The van der Waals surface area contributed by atoms with Crippen molar-refractivity contribution >= 4 is 27.9 Å². The van der Waals surface area contributed by atoms with Crippen LogP contribution in [0.2, 0.25) is 0 Å². The highest BCUT2D eigenvalue weighted by molar-refractivity contribution is 7.19. The highest BCUT2D eigenvalue weighted by Crippen LogP contribution is 2.42. The van der Waals surface area contributed by atoms with Gasteiger partial charge in [-0.25, -0.2) is 13.2 Å². The Morgan fingerprint density at radius 2 is 1.76 bits per heavy atom. The molecular formula is C17H12F4O3S. The minimum Gasteiger partial charge on any atom is -0.491 e. The second-order valence-electron chi connectivity index (χ2n) is 4.85. The maximum atomic E-state index is 14.5. The molecule has 25 heavy (non-hydrogen) atoms. The van der Waals surface area contributed by atoms with Gasteiger partial charge in [0.1, 0.15) is 5.82 Å². The normalized spacial score (nSPS) is 10.3. The molecule has 1 aromatic heterocycles. The Bertz CT molecular complexity index is 938. The van der Waals surface area contributed by atoms with Crippen LogP contribution in [0.15, 0.2) is 24.3 Å². The molecule has 0 aliphatic rings. The van der Waals surface area contributed by atoms with Crippen LogP contribution in [0.3, 0.4) is 0 Å². The molecule has 3 rings (SSSR count). The van der Waals surface area contributed by atoms with Crippen LogP contribution < -0.4 is 4.74 Å². The van der Waals surface area contributed by atoms with Crippen molar-refractivity contribution in [3.8, 4) is 16.9 Å². The zero-order chi connectivity index (χ0) is 18.7. The van der Waals surface area contributed by atoms with Gasteiger partial charge in [0.25, 0.3) is 6.47 Å². The van der Waals surface area contributed by atoms with Crippen molar-refractivity contribution in [1.29, 1.82) is 0 Å². The molecule has 0 bridgehead atoms. The lowest BCUT2D eigenvalue weighted by molar-refractivity contribution is -0.122. The Morgan fingerprint density at radius 3 is 2.36 bits per heavy atom. The number of carboxylic acid groups (broad SMARTS) is 1. The van der Waals surface area contributed by atoms with Crippen molar-refractivity contribution in [2.45, 2.75) is 6.92 Å². The Kier molecular flexibility index (Phi) is 5.63. The minimum absolute atomic E-state index is 0.105. The van der Waals surface area contributed by atoms with Crippen LogP contribution in [0.5, 0.6) is 5.75 Å². The zero-order valence-corrected chi connectivity index (χ0v) is 13.9. The van der Waals surface area contributed by atoms with E-state index in [0.29, 0.717) is 20.5 Å². The SMILES string of the molecule is COc1c(F)c(F)cc(-c2c(C)sc3cc(F)ccc23)c1F.O=CO. The van der Waals surface area contributed by atoms with Gasteiger partial charge in [-0.05, 0) is 31.2 Å². The van der Waals surface area contributed by atoms with Crippen molar-refractivity contribution in [1.82, 2.24) is 0 Å². The van der Waals surface area contributed by atoms with Gasteiger partial charge in [0.05, 0.1) is 7.11 Å². The van der Waals surface area contributed by atoms with Crippen LogP contribution in [-0.4, -0.2) is 18.7 Å². The standard InChI is InChI=1S/C16H10F4OS.CH2O2/c1-7-13(9-4-3-8(17)5-12(9)22-7)10-6-11(18)15(20)16(21-2)14(10)19;2-1-3/h3-6H,1-2H3;1H,(H,2,3). The number of aryl methyl sites for hydroxylation is 1. The average molecular weight is 372 g/mol. The molecule has 2 aromatic carbocycles. The van der Waals surface area contributed by atoms with Crippen LogP contribution in [0, 0.1) is 30.2 Å². The highest BCUT2D eigenvalue weighted by atomic mass is 32.1. The lowest BCUT2D eigenvalue weighted by Gasteiger charge is -2.10. The first-order valence-corrected chi connectivity index (χ1v) is 7.65. The van der Waals surface area contributed by atoms with E-state index < -0.39 is 29.0 Å². The van der Waals surface area contributed by atoms with E-state index in [0.717, 1.165) is 13.2 Å². The first-order chi connectivity index (χ1) is 11.8. The Labute approximate surface area is 144 Å². The second-order valence-corrected chi connectivity index (χ2v) is 6.10. The predicted octanol–water partition coefficient (Wildman–Crippen LogP) is 5.14. The van der Waals surface area contributed by atoms with Crippen molar-refractivity contribution < 1.29 is 32.2 Å². The molecule has 8 heteroatoms. The van der Waals surface area contributed by atoms with Crippen LogP contribution >= 0.6 is 11.3 Å². The van der Waals surface area contributed by atoms with Gasteiger partial charge >= 0.3 is 0 Å². The second kappa shape index (κ2) is 7.52. The van der Waals surface area contributed by atoms with Gasteiger partial charge in [-0.2, -0.15) is 4.39 Å². The summed E-state index contributed by atoms with van der Waals surface area (Å²) in [4.78, 5) is 9.03. The Balaban J connectivity index is 0.000000701. The number of benzene rings is 2. The summed E-state index contributed by atoms with van der Waals surface area (Å²) in [6.07, 6.45) is 0. The topological polar surface area (TPSA) is 46.5 Å². The van der Waals surface area contributed by atoms with Crippen LogP contribution in [0.25, 0.3) is 21.2 Å². The van der Waals surface area contributed by atoms with Crippen LogP contribution in [0.4, 0.5) is 17.6 Å². The van der Waals surface area contributed by atoms with Gasteiger partial charge in [0.15, 0.2) is 17.4 Å². The number of halogens is 4. The monoisotopic (exact) mass is 372 g/mol. The van der Waals surface area contributed by atoms with Crippen molar-refractivity contribution in [2.24, 2.45) is 0 Å². The van der Waals surface area contributed by atoms with E-state index in [2.05, 4.69) is 4.74 Å². The summed E-state index contributed by atoms with van der Waals surface area (Å²) in [6, 6.07) is 4.86. The Hall–Kier alpha value is -2.61. The van der Waals surface area contributed by atoms with E-state index in [1.165, 1.54) is 29.5 Å². The number of ether oxygens (including phenoxy) is 1. The summed E-state index contributed by atoms with van der Waals surface area (Å²) in [5, 5.41) is 7.47. The van der Waals surface area contributed by atoms with Crippen molar-refractivity contribution in [2.75, 3.05) is 7.11 Å². The minimum atomic E-state index is -1.37. The fourth-order valence-corrected chi connectivity index (χ4v) is 3.57. The van der Waals surface area contributed by atoms with Crippen LogP contribution in [0.1, 0.15) is 4.88 Å². The lowest BCUT2D eigenvalue weighted by Crippen LogP contribution is -1.99. The number of thiophene rings is 1. The maximum absolute atomic E-state index is 14.5. The molecule has 0 atom stereocenters. The molecule has 0 saturated heterocycles. The van der Waals surface area contributed by atoms with Gasteiger partial charge in [-0.15, -0.1) is 11.3 Å². The molecule has 3 aromatic rings. The molecule has 0 aliphatic carbocycles. The largest absolute Gasteiger partial charge is 0.491 e. The maximum Gasteiger partial charge on any atom is 0.290 e. The molecule has 0 fully saturated rings. The van der Waals surface area contributed by atoms with Crippen molar-refractivity contribution in [3.63, 3.8) is 0 Å². The van der Waals surface area contributed by atoms with E-state index in [1.54, 1.807) is 6.92 Å². The van der Waals surface area contributed by atoms with E-state index >= 15 is 0 Å². The number of rotatable bonds is 2. The highest BCUT2D eigenvalue weighted by Gasteiger charge is 2.23. The fraction of sp³-hybridized carbons (Fsp3) is 0.118. The molecule has 132 valence electrons. The molecule has 0 aliphatic heterocycles. The quantitative estimate of drug-likeness (QED) is 0.385. The molecule has 0 saturated carbocycles. The molecule has 0 spiro atoms. The number of fused-ring (bicyclic) bond motifs is 1. The number of methoxy groups -OCH3 is 1. The number of hydrogen-bond acceptors (Lipinski definition) is 3. The molecule has 3 nitrogen and oxygen atoms in total. The average Bonchev–Trinajstić information content (AvgIpc) is 2.87. The fourth-order valence-electron chi connectivity index (χ4n) is 2.47. The van der Waals surface area contributed by atoms with Gasteiger partial charge in [0.2, 0.25) is 5.82 Å². The van der Waals surface area contributed by atoms with Gasteiger partial charge in [-0.1, -0.05) is 0 Å². The van der Waals surface area contributed by atoms with E-state index in [1.807, 2.05) is 0 Å². The molecule has 0 radical (unpaired) electrons. The van der Waals surface area contributed by atoms with Gasteiger partial charge in [0, 0.05) is 26.1 Å². The molecule has 0 amide bonds. The summed E-state index contributed by atoms with van der Waals surface area (Å²) >= 11 is 1.26. The zero-order valence-electron chi connectivity index (χ0n) is 13.1. The summed E-state index contributed by atoms with van der Waals surface area (Å²) < 4.78 is 60.3. The lowest BCUT2D eigenvalue weighted by atomic mass is 10.0. The molecule has 0 unspecified atom stereocenters. The third kappa shape index (κ3) is 3.43. The van der Waals surface area contributed by atoms with Crippen LogP contribution in [-0.2, 0) is 4.79 Å². The van der Waals surface area contributed by atoms with Gasteiger partial charge in [-0.3, -0.25) is 4.79 Å². The summed E-state index contributed by atoms with van der Waals surface area (Å²) in [6.45, 7) is 1.46. The van der Waals surface area contributed by atoms with E-state index in [9.17, 15) is 17.6 Å². The van der Waals surface area contributed by atoms with E-state index in [4.69, 9.17) is 9.90 Å². The first-order valence-electron chi connectivity index (χ1n) is 6.84. The summed E-state index contributed by atoms with van der Waals surface area (Å²) in [5.41, 5.74) is 0.306. The number of carbonyl (C=O) groups is 1. The molecule has 1 heterocycles. The summed E-state index contributed by atoms with van der Waals surface area (Å²) in [7, 11) is 1.07. The number of hydrogen-bond donors (Lipinski definition) is 1.